The van der Waals surface area contributed by atoms with Crippen LogP contribution in [-0.2, 0) is 4.79 Å². The molecule has 2 rings (SSSR count). The zero-order valence-corrected chi connectivity index (χ0v) is 11.1. The summed E-state index contributed by atoms with van der Waals surface area (Å²) in [5, 5.41) is 2.97. The molecule has 0 aromatic heterocycles. The standard InChI is InChI=1S/C15H22N2O/c1-10(2)11-3-5-12(6-4-11)14(16)9-15(18)17-13-7-8-13/h3-6,10,13-14H,7-9,16H2,1-2H3,(H,17,18). The van der Waals surface area contributed by atoms with Crippen molar-refractivity contribution in [2.75, 3.05) is 0 Å². The third-order valence-electron chi connectivity index (χ3n) is 3.38. The summed E-state index contributed by atoms with van der Waals surface area (Å²) in [4.78, 5) is 11.7. The van der Waals surface area contributed by atoms with Crippen LogP contribution in [0.4, 0.5) is 0 Å². The molecule has 0 heterocycles. The largest absolute Gasteiger partial charge is 0.353 e. The van der Waals surface area contributed by atoms with Crippen molar-refractivity contribution in [1.29, 1.82) is 0 Å². The summed E-state index contributed by atoms with van der Waals surface area (Å²) in [6.07, 6.45) is 2.60. The van der Waals surface area contributed by atoms with Gasteiger partial charge in [-0.1, -0.05) is 38.1 Å². The Hall–Kier alpha value is -1.35. The Morgan fingerprint density at radius 2 is 1.83 bits per heavy atom. The maximum absolute atomic E-state index is 11.7. The first-order valence-corrected chi connectivity index (χ1v) is 6.71. The van der Waals surface area contributed by atoms with Gasteiger partial charge >= 0.3 is 0 Å². The summed E-state index contributed by atoms with van der Waals surface area (Å²) < 4.78 is 0. The molecule has 1 aromatic carbocycles. The number of nitrogens with one attached hydrogen (secondary N) is 1. The van der Waals surface area contributed by atoms with E-state index in [4.69, 9.17) is 5.73 Å². The minimum Gasteiger partial charge on any atom is -0.353 e. The fraction of sp³-hybridized carbons (Fsp3) is 0.533. The summed E-state index contributed by atoms with van der Waals surface area (Å²) in [6, 6.07) is 8.46. The van der Waals surface area contributed by atoms with Gasteiger partial charge in [-0.15, -0.1) is 0 Å². The molecule has 98 valence electrons. The Kier molecular flexibility index (Phi) is 4.02. The zero-order chi connectivity index (χ0) is 13.1. The number of nitrogens with two attached hydrogens (primary N) is 1. The number of amides is 1. The number of carbonyl (C=O) groups excluding carboxylic acids is 1. The number of hydrogen-bond donors (Lipinski definition) is 2. The monoisotopic (exact) mass is 246 g/mol. The van der Waals surface area contributed by atoms with Crippen molar-refractivity contribution in [1.82, 2.24) is 5.32 Å². The van der Waals surface area contributed by atoms with Gasteiger partial charge in [0.2, 0.25) is 5.91 Å². The van der Waals surface area contributed by atoms with E-state index in [-0.39, 0.29) is 11.9 Å². The molecule has 1 aliphatic carbocycles. The molecule has 0 aliphatic heterocycles. The molecule has 3 heteroatoms. The molecule has 1 aliphatic rings. The van der Waals surface area contributed by atoms with E-state index in [9.17, 15) is 4.79 Å². The van der Waals surface area contributed by atoms with Crippen molar-refractivity contribution in [3.05, 3.63) is 35.4 Å². The molecule has 1 amide bonds. The molecule has 3 nitrogen and oxygen atoms in total. The first-order valence-electron chi connectivity index (χ1n) is 6.71. The van der Waals surface area contributed by atoms with Gasteiger partial charge in [-0.2, -0.15) is 0 Å². The summed E-state index contributed by atoms with van der Waals surface area (Å²) in [5.74, 6) is 0.589. The van der Waals surface area contributed by atoms with Gasteiger partial charge in [-0.05, 0) is 29.9 Å². The van der Waals surface area contributed by atoms with Gasteiger partial charge in [0.1, 0.15) is 0 Å². The highest BCUT2D eigenvalue weighted by Crippen LogP contribution is 2.21. The second-order valence-electron chi connectivity index (χ2n) is 5.47. The lowest BCUT2D eigenvalue weighted by Crippen LogP contribution is -2.29. The third-order valence-corrected chi connectivity index (χ3v) is 3.38. The van der Waals surface area contributed by atoms with Crippen LogP contribution in [0.3, 0.4) is 0 Å². The molecule has 3 N–H and O–H groups in total. The fourth-order valence-electron chi connectivity index (χ4n) is 1.96. The van der Waals surface area contributed by atoms with Crippen molar-refractivity contribution in [3.8, 4) is 0 Å². The van der Waals surface area contributed by atoms with Crippen molar-refractivity contribution in [3.63, 3.8) is 0 Å². The van der Waals surface area contributed by atoms with Crippen molar-refractivity contribution in [2.45, 2.75) is 51.1 Å². The first kappa shape index (κ1) is 13.1. The Bertz CT molecular complexity index is 407. The quantitative estimate of drug-likeness (QED) is 0.838. The Morgan fingerprint density at radius 1 is 1.28 bits per heavy atom. The van der Waals surface area contributed by atoms with Crippen LogP contribution >= 0.6 is 0 Å². The molecule has 0 radical (unpaired) electrons. The molecule has 0 saturated heterocycles. The van der Waals surface area contributed by atoms with Gasteiger partial charge in [0.25, 0.3) is 0 Å². The van der Waals surface area contributed by atoms with Gasteiger partial charge in [-0.25, -0.2) is 0 Å². The molecule has 1 fully saturated rings. The Balaban J connectivity index is 1.90. The van der Waals surface area contributed by atoms with Crippen LogP contribution in [0, 0.1) is 0 Å². The zero-order valence-electron chi connectivity index (χ0n) is 11.1. The number of benzene rings is 1. The average Bonchev–Trinajstić information content (AvgIpc) is 3.12. The SMILES string of the molecule is CC(C)c1ccc(C(N)CC(=O)NC2CC2)cc1. The van der Waals surface area contributed by atoms with Crippen molar-refractivity contribution >= 4 is 5.91 Å². The molecule has 18 heavy (non-hydrogen) atoms. The molecule has 0 spiro atoms. The summed E-state index contributed by atoms with van der Waals surface area (Å²) in [5.41, 5.74) is 8.39. The summed E-state index contributed by atoms with van der Waals surface area (Å²) in [7, 11) is 0. The Labute approximate surface area is 109 Å². The van der Waals surface area contributed by atoms with E-state index < -0.39 is 0 Å². The van der Waals surface area contributed by atoms with Gasteiger partial charge < -0.3 is 11.1 Å². The normalized spacial score (nSPS) is 16.7. The fourth-order valence-corrected chi connectivity index (χ4v) is 1.96. The molecule has 1 unspecified atom stereocenters. The second kappa shape index (κ2) is 5.53. The van der Waals surface area contributed by atoms with Crippen molar-refractivity contribution < 1.29 is 4.79 Å². The lowest BCUT2D eigenvalue weighted by molar-refractivity contribution is -0.121. The van der Waals surface area contributed by atoms with E-state index in [2.05, 4.69) is 31.3 Å². The van der Waals surface area contributed by atoms with Crippen LogP contribution in [0.5, 0.6) is 0 Å². The van der Waals surface area contributed by atoms with E-state index in [0.717, 1.165) is 18.4 Å². The minimum absolute atomic E-state index is 0.0675. The molecule has 1 aromatic rings. The van der Waals surface area contributed by atoms with Crippen LogP contribution < -0.4 is 11.1 Å². The lowest BCUT2D eigenvalue weighted by Gasteiger charge is -2.13. The van der Waals surface area contributed by atoms with Crippen LogP contribution in [0.1, 0.15) is 56.2 Å². The van der Waals surface area contributed by atoms with Crippen LogP contribution in [0.15, 0.2) is 24.3 Å². The van der Waals surface area contributed by atoms with Crippen molar-refractivity contribution in [2.24, 2.45) is 5.73 Å². The predicted octanol–water partition coefficient (Wildman–Crippen LogP) is 2.48. The third kappa shape index (κ3) is 3.57. The topological polar surface area (TPSA) is 55.1 Å². The minimum atomic E-state index is -0.204. The maximum atomic E-state index is 11.7. The molecular formula is C15H22N2O. The summed E-state index contributed by atoms with van der Waals surface area (Å²) >= 11 is 0. The van der Waals surface area contributed by atoms with Crippen LogP contribution in [0.25, 0.3) is 0 Å². The smallest absolute Gasteiger partial charge is 0.222 e. The highest BCUT2D eigenvalue weighted by molar-refractivity contribution is 5.77. The molecular weight excluding hydrogens is 224 g/mol. The average molecular weight is 246 g/mol. The van der Waals surface area contributed by atoms with E-state index in [1.165, 1.54) is 5.56 Å². The van der Waals surface area contributed by atoms with E-state index in [0.29, 0.717) is 18.4 Å². The van der Waals surface area contributed by atoms with Gasteiger partial charge in [0, 0.05) is 18.5 Å². The molecule has 0 bridgehead atoms. The Morgan fingerprint density at radius 3 is 2.33 bits per heavy atom. The number of hydrogen-bond acceptors (Lipinski definition) is 2. The predicted molar refractivity (Wildman–Crippen MR) is 73.2 cm³/mol. The van der Waals surface area contributed by atoms with E-state index in [1.807, 2.05) is 12.1 Å². The van der Waals surface area contributed by atoms with Crippen LogP contribution in [0.2, 0.25) is 0 Å². The van der Waals surface area contributed by atoms with Crippen LogP contribution in [-0.4, -0.2) is 11.9 Å². The van der Waals surface area contributed by atoms with Gasteiger partial charge in [0.15, 0.2) is 0 Å². The number of rotatable bonds is 5. The van der Waals surface area contributed by atoms with E-state index >= 15 is 0 Å². The highest BCUT2D eigenvalue weighted by atomic mass is 16.1. The van der Waals surface area contributed by atoms with Gasteiger partial charge in [-0.3, -0.25) is 4.79 Å². The highest BCUT2D eigenvalue weighted by Gasteiger charge is 2.24. The molecule has 1 atom stereocenters. The van der Waals surface area contributed by atoms with Gasteiger partial charge in [0.05, 0.1) is 0 Å². The number of carbonyl (C=O) groups is 1. The lowest BCUT2D eigenvalue weighted by atomic mass is 9.98. The summed E-state index contributed by atoms with van der Waals surface area (Å²) in [6.45, 7) is 4.33. The maximum Gasteiger partial charge on any atom is 0.222 e. The molecule has 1 saturated carbocycles. The van der Waals surface area contributed by atoms with E-state index in [1.54, 1.807) is 0 Å². The first-order chi connectivity index (χ1) is 8.56. The second-order valence-corrected chi connectivity index (χ2v) is 5.47.